The Morgan fingerprint density at radius 1 is 0.426 bits per heavy atom. The monoisotopic (exact) mass is 852 g/mol. The van der Waals surface area contributed by atoms with Gasteiger partial charge in [-0.3, -0.25) is 36.2 Å². The fourth-order valence-corrected chi connectivity index (χ4v) is 12.3. The molecular formula is C32H64N4O14P4. The van der Waals surface area contributed by atoms with E-state index < -0.39 is 31.0 Å². The summed E-state index contributed by atoms with van der Waals surface area (Å²) in [4.78, 5) is 0. The van der Waals surface area contributed by atoms with E-state index in [0.29, 0.717) is 11.5 Å². The Kier molecular flexibility index (Phi) is 23.4. The Balaban J connectivity index is 2.73. The second-order valence-electron chi connectivity index (χ2n) is 11.2. The highest BCUT2D eigenvalue weighted by Crippen LogP contribution is 2.56. The SMILES string of the molecule is CCOP(=O)(OCC)N1CCOc2cccc(c2)OCCN(P(=O)(OCC)OCC)CCN(P(=O)(OCC)OCC)CCN(P(=O)(OCC)OCC)CC1. The minimum absolute atomic E-state index is 0.00214. The fraction of sp³-hybridized carbons (Fsp3) is 0.812. The molecule has 0 aromatic heterocycles. The van der Waals surface area contributed by atoms with E-state index >= 15 is 0 Å². The van der Waals surface area contributed by atoms with Crippen LogP contribution in [0.5, 0.6) is 11.5 Å². The van der Waals surface area contributed by atoms with Crippen molar-refractivity contribution in [3.05, 3.63) is 24.3 Å². The summed E-state index contributed by atoms with van der Waals surface area (Å²) >= 11 is 0. The molecule has 1 aromatic carbocycles. The molecule has 0 aliphatic carbocycles. The molecule has 2 rings (SSSR count). The fourth-order valence-electron chi connectivity index (χ4n) is 5.42. The molecule has 0 unspecified atom stereocenters. The Bertz CT molecular complexity index is 1260. The number of nitrogens with zero attached hydrogens (tertiary/aromatic N) is 4. The number of hydrogen-bond donors (Lipinski definition) is 0. The lowest BCUT2D eigenvalue weighted by Crippen LogP contribution is -2.41. The summed E-state index contributed by atoms with van der Waals surface area (Å²) < 4.78 is 121. The van der Waals surface area contributed by atoms with Crippen molar-refractivity contribution >= 4 is 31.0 Å². The predicted octanol–water partition coefficient (Wildman–Crippen LogP) is 7.39. The molecule has 0 spiro atoms. The first kappa shape index (κ1) is 49.4. The maximum atomic E-state index is 14.4. The van der Waals surface area contributed by atoms with Gasteiger partial charge in [-0.1, -0.05) is 6.07 Å². The van der Waals surface area contributed by atoms with Crippen molar-refractivity contribution in [2.24, 2.45) is 0 Å². The van der Waals surface area contributed by atoms with Gasteiger partial charge in [-0.15, -0.1) is 0 Å². The zero-order valence-corrected chi connectivity index (χ0v) is 36.9. The van der Waals surface area contributed by atoms with Gasteiger partial charge >= 0.3 is 31.0 Å². The second kappa shape index (κ2) is 25.6. The quantitative estimate of drug-likeness (QED) is 0.119. The molecular weight excluding hydrogens is 788 g/mol. The molecule has 1 aliphatic heterocycles. The van der Waals surface area contributed by atoms with Crippen LogP contribution in [-0.4, -0.2) is 137 Å². The standard InChI is InChI=1S/C32H64N4O14P4/c1-9-43-51(37,44-10-2)33-20-21-34(52(38,45-11-3)46-12-4)23-25-36(54(40,49-15-7)50-16-8)27-29-42-32-19-17-18-31(30-32)41-28-26-35(24-22-33)53(39,47-13-5)48-14-6/h17-19,30H,9-16,20-29H2,1-8H3. The normalized spacial score (nSPS) is 18.0. The molecule has 0 amide bonds. The minimum atomic E-state index is -3.97. The zero-order valence-electron chi connectivity index (χ0n) is 33.3. The van der Waals surface area contributed by atoms with Gasteiger partial charge in [0.1, 0.15) is 24.7 Å². The number of hydrogen-bond acceptors (Lipinski definition) is 14. The van der Waals surface area contributed by atoms with E-state index in [1.54, 1.807) is 79.7 Å². The molecule has 1 heterocycles. The highest BCUT2D eigenvalue weighted by atomic mass is 31.2. The lowest BCUT2D eigenvalue weighted by molar-refractivity contribution is 0.128. The number of ether oxygens (including phenoxy) is 2. The number of fused-ring (bicyclic) bond motifs is 2. The van der Waals surface area contributed by atoms with Gasteiger partial charge in [0.05, 0.1) is 52.9 Å². The van der Waals surface area contributed by atoms with Crippen LogP contribution in [0.15, 0.2) is 24.3 Å². The maximum absolute atomic E-state index is 14.4. The van der Waals surface area contributed by atoms with Crippen molar-refractivity contribution in [3.8, 4) is 11.5 Å². The van der Waals surface area contributed by atoms with E-state index in [9.17, 15) is 18.3 Å². The van der Waals surface area contributed by atoms with Crippen LogP contribution in [0.25, 0.3) is 0 Å². The summed E-state index contributed by atoms with van der Waals surface area (Å²) in [6, 6.07) is 7.01. The summed E-state index contributed by atoms with van der Waals surface area (Å²) in [5.41, 5.74) is 0. The van der Waals surface area contributed by atoms with Crippen LogP contribution in [-0.2, 0) is 54.5 Å². The van der Waals surface area contributed by atoms with Crippen LogP contribution in [0.3, 0.4) is 0 Å². The van der Waals surface area contributed by atoms with Gasteiger partial charge in [0.15, 0.2) is 0 Å². The van der Waals surface area contributed by atoms with Crippen LogP contribution >= 0.6 is 31.0 Å². The van der Waals surface area contributed by atoms with Crippen LogP contribution in [0.1, 0.15) is 55.4 Å². The summed E-state index contributed by atoms with van der Waals surface area (Å²) in [5.74, 6) is 0.993. The molecule has 22 heteroatoms. The molecule has 54 heavy (non-hydrogen) atoms. The van der Waals surface area contributed by atoms with Gasteiger partial charge in [0, 0.05) is 58.4 Å². The van der Waals surface area contributed by atoms with Gasteiger partial charge in [-0.2, -0.15) is 0 Å². The molecule has 1 aliphatic rings. The molecule has 316 valence electrons. The molecule has 0 fully saturated rings. The third-order valence-electron chi connectivity index (χ3n) is 7.61. The first-order valence-electron chi connectivity index (χ1n) is 18.8. The Morgan fingerprint density at radius 3 is 0.870 bits per heavy atom. The van der Waals surface area contributed by atoms with Crippen LogP contribution in [0.2, 0.25) is 0 Å². The van der Waals surface area contributed by atoms with Gasteiger partial charge in [-0.05, 0) is 67.5 Å². The van der Waals surface area contributed by atoms with E-state index in [2.05, 4.69) is 0 Å². The molecule has 18 nitrogen and oxygen atoms in total. The molecule has 2 bridgehead atoms. The molecule has 0 N–H and O–H groups in total. The first-order valence-corrected chi connectivity index (χ1v) is 24.8. The van der Waals surface area contributed by atoms with E-state index in [4.69, 9.17) is 45.7 Å². The molecule has 0 atom stereocenters. The van der Waals surface area contributed by atoms with E-state index in [1.165, 1.54) is 18.7 Å². The Hall–Kier alpha value is -0.740. The minimum Gasteiger partial charge on any atom is -0.492 e. The zero-order chi connectivity index (χ0) is 40.1. The highest BCUT2D eigenvalue weighted by molar-refractivity contribution is 7.52. The summed E-state index contributed by atoms with van der Waals surface area (Å²) in [7, 11) is -15.6. The smallest absolute Gasteiger partial charge is 0.408 e. The van der Waals surface area contributed by atoms with Crippen molar-refractivity contribution in [3.63, 3.8) is 0 Å². The summed E-state index contributed by atoms with van der Waals surface area (Å²) in [6.45, 7) is 14.8. The molecule has 0 saturated heterocycles. The molecule has 0 saturated carbocycles. The summed E-state index contributed by atoms with van der Waals surface area (Å²) in [5, 5.41) is 0. The lowest BCUT2D eigenvalue weighted by Gasteiger charge is -2.37. The van der Waals surface area contributed by atoms with Crippen LogP contribution in [0, 0.1) is 0 Å². The number of benzene rings is 1. The average molecular weight is 853 g/mol. The topological polar surface area (TPSA) is 174 Å². The van der Waals surface area contributed by atoms with E-state index in [-0.39, 0.29) is 118 Å². The van der Waals surface area contributed by atoms with Crippen molar-refractivity contribution in [1.82, 2.24) is 18.7 Å². The Morgan fingerprint density at radius 2 is 0.648 bits per heavy atom. The van der Waals surface area contributed by atoms with Crippen LogP contribution in [0.4, 0.5) is 0 Å². The van der Waals surface area contributed by atoms with Gasteiger partial charge in [0.2, 0.25) is 0 Å². The van der Waals surface area contributed by atoms with Crippen molar-refractivity contribution in [2.45, 2.75) is 55.4 Å². The third kappa shape index (κ3) is 15.2. The van der Waals surface area contributed by atoms with Crippen molar-refractivity contribution < 1.29 is 63.9 Å². The molecule has 0 radical (unpaired) electrons. The van der Waals surface area contributed by atoms with Gasteiger partial charge < -0.3 is 9.47 Å². The Labute approximate surface area is 322 Å². The van der Waals surface area contributed by atoms with Gasteiger partial charge in [-0.25, -0.2) is 36.9 Å². The third-order valence-corrected chi connectivity index (χ3v) is 16.7. The van der Waals surface area contributed by atoms with Crippen molar-refractivity contribution in [1.29, 1.82) is 0 Å². The highest BCUT2D eigenvalue weighted by Gasteiger charge is 2.41. The van der Waals surface area contributed by atoms with Crippen molar-refractivity contribution in [2.75, 3.05) is 118 Å². The average Bonchev–Trinajstić information content (AvgIpc) is 3.11. The lowest BCUT2D eigenvalue weighted by atomic mass is 10.3. The summed E-state index contributed by atoms with van der Waals surface area (Å²) in [6.07, 6.45) is 0. The largest absolute Gasteiger partial charge is 0.492 e. The van der Waals surface area contributed by atoms with E-state index in [0.717, 1.165) is 0 Å². The van der Waals surface area contributed by atoms with Gasteiger partial charge in [0.25, 0.3) is 0 Å². The first-order chi connectivity index (χ1) is 25.9. The predicted molar refractivity (Wildman–Crippen MR) is 207 cm³/mol. The molecule has 1 aromatic rings. The second-order valence-corrected chi connectivity index (χ2v) is 19.3. The van der Waals surface area contributed by atoms with Crippen LogP contribution < -0.4 is 9.47 Å². The number of rotatable bonds is 20. The van der Waals surface area contributed by atoms with E-state index in [1.807, 2.05) is 0 Å². The maximum Gasteiger partial charge on any atom is 0.408 e.